The lowest BCUT2D eigenvalue weighted by atomic mass is 10.1. The Balaban J connectivity index is 2.26. The van der Waals surface area contributed by atoms with E-state index >= 15 is 0 Å². The fourth-order valence-corrected chi connectivity index (χ4v) is 2.13. The topological polar surface area (TPSA) is 28.0 Å². The van der Waals surface area contributed by atoms with Gasteiger partial charge in [-0.3, -0.25) is 5.01 Å². The molecule has 0 aromatic heterocycles. The SMILES string of the molecule is C=C/C(N=C)=N/N1CC(F)CC1c1ccccc1. The van der Waals surface area contributed by atoms with Gasteiger partial charge >= 0.3 is 0 Å². The van der Waals surface area contributed by atoms with Crippen LogP contribution in [-0.2, 0) is 0 Å². The van der Waals surface area contributed by atoms with Gasteiger partial charge in [0.2, 0.25) is 0 Å². The zero-order valence-corrected chi connectivity index (χ0v) is 10.2. The van der Waals surface area contributed by atoms with E-state index in [4.69, 9.17) is 0 Å². The van der Waals surface area contributed by atoms with Crippen molar-refractivity contribution in [2.24, 2.45) is 10.1 Å². The predicted molar refractivity (Wildman–Crippen MR) is 72.6 cm³/mol. The highest BCUT2D eigenvalue weighted by Gasteiger charge is 2.32. The highest BCUT2D eigenvalue weighted by molar-refractivity contribution is 5.95. The summed E-state index contributed by atoms with van der Waals surface area (Å²) in [4.78, 5) is 3.74. The van der Waals surface area contributed by atoms with Crippen molar-refractivity contribution < 1.29 is 4.39 Å². The summed E-state index contributed by atoms with van der Waals surface area (Å²) in [5.74, 6) is 0.421. The van der Waals surface area contributed by atoms with Gasteiger partial charge in [-0.1, -0.05) is 36.9 Å². The second-order valence-electron chi connectivity index (χ2n) is 4.20. The minimum atomic E-state index is -0.866. The summed E-state index contributed by atoms with van der Waals surface area (Å²) >= 11 is 0. The van der Waals surface area contributed by atoms with E-state index in [-0.39, 0.29) is 12.6 Å². The van der Waals surface area contributed by atoms with Crippen molar-refractivity contribution in [2.45, 2.75) is 18.6 Å². The van der Waals surface area contributed by atoms with Gasteiger partial charge in [0, 0.05) is 6.42 Å². The van der Waals surface area contributed by atoms with E-state index in [1.54, 1.807) is 5.01 Å². The zero-order valence-electron chi connectivity index (χ0n) is 10.2. The molecule has 0 N–H and O–H groups in total. The van der Waals surface area contributed by atoms with Crippen molar-refractivity contribution in [1.82, 2.24) is 5.01 Å². The maximum atomic E-state index is 13.6. The molecule has 1 aliphatic heterocycles. The van der Waals surface area contributed by atoms with Crippen LogP contribution in [0.5, 0.6) is 0 Å². The molecule has 0 bridgehead atoms. The highest BCUT2D eigenvalue weighted by Crippen LogP contribution is 2.33. The zero-order chi connectivity index (χ0) is 13.0. The standard InChI is InChI=1S/C14H16FN3/c1-3-14(16-2)17-18-10-12(15)9-13(18)11-7-5-4-6-8-11/h3-8,12-13H,1-2,9-10H2/b17-14-. The lowest BCUT2D eigenvalue weighted by Crippen LogP contribution is -2.19. The number of nitrogens with zero attached hydrogens (tertiary/aromatic N) is 3. The van der Waals surface area contributed by atoms with Gasteiger partial charge < -0.3 is 0 Å². The Labute approximate surface area is 106 Å². The molecule has 1 heterocycles. The van der Waals surface area contributed by atoms with Crippen molar-refractivity contribution in [1.29, 1.82) is 0 Å². The quantitative estimate of drug-likeness (QED) is 0.594. The molecule has 1 fully saturated rings. The summed E-state index contributed by atoms with van der Waals surface area (Å²) in [6.45, 7) is 7.31. The molecule has 1 aromatic rings. The van der Waals surface area contributed by atoms with Crippen LogP contribution in [0.1, 0.15) is 18.0 Å². The number of hydrogen-bond donors (Lipinski definition) is 0. The molecule has 0 radical (unpaired) electrons. The summed E-state index contributed by atoms with van der Waals surface area (Å²) < 4.78 is 13.6. The first-order chi connectivity index (χ1) is 8.74. The first-order valence-electron chi connectivity index (χ1n) is 5.88. The van der Waals surface area contributed by atoms with Crippen LogP contribution in [0.3, 0.4) is 0 Å². The Morgan fingerprint density at radius 2 is 2.11 bits per heavy atom. The van der Waals surface area contributed by atoms with Crippen LogP contribution in [0, 0.1) is 0 Å². The number of benzene rings is 1. The van der Waals surface area contributed by atoms with Crippen LogP contribution in [0.4, 0.5) is 4.39 Å². The maximum absolute atomic E-state index is 13.6. The first kappa shape index (κ1) is 12.5. The lowest BCUT2D eigenvalue weighted by Gasteiger charge is -2.21. The molecule has 0 spiro atoms. The summed E-state index contributed by atoms with van der Waals surface area (Å²) in [5.41, 5.74) is 1.06. The predicted octanol–water partition coefficient (Wildman–Crippen LogP) is 2.97. The fourth-order valence-electron chi connectivity index (χ4n) is 2.13. The van der Waals surface area contributed by atoms with E-state index in [1.165, 1.54) is 6.08 Å². The second kappa shape index (κ2) is 5.58. The molecule has 94 valence electrons. The number of alkyl halides is 1. The smallest absolute Gasteiger partial charge is 0.170 e. The average Bonchev–Trinajstić information content (AvgIpc) is 2.78. The van der Waals surface area contributed by atoms with Crippen LogP contribution >= 0.6 is 0 Å². The Morgan fingerprint density at radius 3 is 2.72 bits per heavy atom. The number of rotatable bonds is 3. The second-order valence-corrected chi connectivity index (χ2v) is 4.20. The molecule has 0 aliphatic carbocycles. The molecule has 0 saturated carbocycles. The molecule has 2 unspecified atom stereocenters. The minimum absolute atomic E-state index is 0.0436. The summed E-state index contributed by atoms with van der Waals surface area (Å²) in [6.07, 6.45) is 1.10. The van der Waals surface area contributed by atoms with Gasteiger partial charge in [-0.05, 0) is 18.4 Å². The van der Waals surface area contributed by atoms with Crippen LogP contribution in [0.25, 0.3) is 0 Å². The Bertz CT molecular complexity index is 445. The van der Waals surface area contributed by atoms with Crippen molar-refractivity contribution >= 4 is 12.6 Å². The Morgan fingerprint density at radius 1 is 1.39 bits per heavy atom. The molecule has 3 nitrogen and oxygen atoms in total. The van der Waals surface area contributed by atoms with Gasteiger partial charge in [-0.2, -0.15) is 5.10 Å². The molecule has 2 rings (SSSR count). The van der Waals surface area contributed by atoms with Crippen LogP contribution in [0.2, 0.25) is 0 Å². The number of amidine groups is 1. The van der Waals surface area contributed by atoms with Gasteiger partial charge in [-0.15, -0.1) is 0 Å². The van der Waals surface area contributed by atoms with E-state index < -0.39 is 6.17 Å². The molecule has 18 heavy (non-hydrogen) atoms. The number of hydrogen-bond acceptors (Lipinski definition) is 2. The third kappa shape index (κ3) is 2.64. The van der Waals surface area contributed by atoms with Gasteiger partial charge in [0.05, 0.1) is 12.6 Å². The van der Waals surface area contributed by atoms with Gasteiger partial charge in [0.15, 0.2) is 5.84 Å². The fraction of sp³-hybridized carbons (Fsp3) is 0.286. The van der Waals surface area contributed by atoms with Gasteiger partial charge in [0.1, 0.15) is 6.17 Å². The van der Waals surface area contributed by atoms with Crippen molar-refractivity contribution in [2.75, 3.05) is 6.54 Å². The molecular formula is C14H16FN3. The minimum Gasteiger partial charge on any atom is -0.284 e. The molecule has 4 heteroatoms. The van der Waals surface area contributed by atoms with E-state index in [1.807, 2.05) is 30.3 Å². The third-order valence-electron chi connectivity index (χ3n) is 2.98. The molecule has 1 saturated heterocycles. The number of hydrazone groups is 1. The van der Waals surface area contributed by atoms with E-state index in [9.17, 15) is 4.39 Å². The molecule has 1 aliphatic rings. The number of aliphatic imine (C=N–C) groups is 1. The van der Waals surface area contributed by atoms with Crippen molar-refractivity contribution in [3.8, 4) is 0 Å². The van der Waals surface area contributed by atoms with Crippen molar-refractivity contribution in [3.63, 3.8) is 0 Å². The van der Waals surface area contributed by atoms with Crippen molar-refractivity contribution in [3.05, 3.63) is 48.6 Å². The first-order valence-corrected chi connectivity index (χ1v) is 5.88. The largest absolute Gasteiger partial charge is 0.284 e. The molecule has 2 atom stereocenters. The average molecular weight is 245 g/mol. The van der Waals surface area contributed by atoms with Crippen LogP contribution in [-0.4, -0.2) is 30.3 Å². The third-order valence-corrected chi connectivity index (χ3v) is 2.98. The number of halogens is 1. The van der Waals surface area contributed by atoms with E-state index in [0.717, 1.165) is 5.56 Å². The lowest BCUT2D eigenvalue weighted by molar-refractivity contribution is 0.257. The summed E-state index contributed by atoms with van der Waals surface area (Å²) in [5, 5.41) is 6.01. The maximum Gasteiger partial charge on any atom is 0.170 e. The van der Waals surface area contributed by atoms with Crippen LogP contribution in [0.15, 0.2) is 53.1 Å². The van der Waals surface area contributed by atoms with E-state index in [0.29, 0.717) is 12.3 Å². The normalized spacial score (nSPS) is 24.1. The summed E-state index contributed by atoms with van der Waals surface area (Å²) in [7, 11) is 0. The summed E-state index contributed by atoms with van der Waals surface area (Å²) in [6, 6.07) is 9.77. The molecule has 0 amide bonds. The molecular weight excluding hydrogens is 229 g/mol. The van der Waals surface area contributed by atoms with Crippen LogP contribution < -0.4 is 0 Å². The van der Waals surface area contributed by atoms with E-state index in [2.05, 4.69) is 23.4 Å². The Hall–Kier alpha value is -1.97. The monoisotopic (exact) mass is 245 g/mol. The molecule has 1 aromatic carbocycles. The van der Waals surface area contributed by atoms with Gasteiger partial charge in [-0.25, -0.2) is 9.38 Å². The Kier molecular flexibility index (Phi) is 3.87. The highest BCUT2D eigenvalue weighted by atomic mass is 19.1. The van der Waals surface area contributed by atoms with Gasteiger partial charge in [0.25, 0.3) is 0 Å².